The fourth-order valence-corrected chi connectivity index (χ4v) is 14.9. The zero-order valence-corrected chi connectivity index (χ0v) is 46.4. The number of phosphoric acid groups is 4. The van der Waals surface area contributed by atoms with Crippen molar-refractivity contribution in [2.75, 3.05) is 56.1 Å². The molecule has 7 unspecified atom stereocenters. The van der Waals surface area contributed by atoms with Crippen LogP contribution in [0.4, 0.5) is 17.7 Å². The minimum atomic E-state index is -6.33. The van der Waals surface area contributed by atoms with Crippen LogP contribution in [-0.2, 0) is 85.5 Å². The van der Waals surface area contributed by atoms with E-state index >= 15 is 0 Å². The number of methoxy groups -OCH3 is 1. The molecule has 0 radical (unpaired) electrons. The molecule has 41 nitrogen and oxygen atoms in total. The normalized spacial score (nSPS) is 31.4. The number of nitrogens with zero attached hydrogens (tertiary/aromatic N) is 10. The fourth-order valence-electron chi connectivity index (χ4n) is 9.77. The molecule has 0 amide bonds. The van der Waals surface area contributed by atoms with E-state index in [4.69, 9.17) is 59.0 Å². The minimum absolute atomic E-state index is 0.0176. The standard InChI is InChI=1S/C36H49N15O26P4S/c1-48-12-51(28-18(48)30(56)47-35(39)45-28)33-23-24(54)36(74-33,15(73-23)4-5-82(3,65)66)8-70-80(61,62)77-81(63,64)76-79(59,60)69-7-14-21(22(67-2)32(72-14)49-10-42-16-25(37)40-9-41-26(16)49)75-78(57,58)68-6-13-19(52)20(53)31(71-13)50-11-43-17-27(50)44-34(38)46-29(17)55/h9-15,19-24,31-33,52-54H,4-8H2,1-3H3,(H11-,37,38,39,40,41,44,45,46,47,55,56,57,58,59,60,61,62,63,64)/t13-,14-,15+,19?,20+,21?,22+,23?,24-,31-,32-,33-,36+/m1/s1. The summed E-state index contributed by atoms with van der Waals surface area (Å²) in [5, 5.41) is 33.3. The average Bonchev–Trinajstić information content (AvgIpc) is 2.34. The number of ether oxygens (including phenoxy) is 5. The number of aromatic nitrogens is 12. The molecule has 4 saturated heterocycles. The summed E-state index contributed by atoms with van der Waals surface area (Å²) in [7, 11) is -25.4. The summed E-state index contributed by atoms with van der Waals surface area (Å²) in [6.07, 6.45) is -15.1. The van der Waals surface area contributed by atoms with Crippen LogP contribution in [0.3, 0.4) is 0 Å². The first-order valence-electron chi connectivity index (χ1n) is 23.4. The number of fused-ring (bicyclic) bond motifs is 5. The Balaban J connectivity index is 0.831. The van der Waals surface area contributed by atoms with Gasteiger partial charge in [-0.15, -0.1) is 0 Å². The Labute approximate surface area is 456 Å². The molecule has 4 fully saturated rings. The first-order valence-corrected chi connectivity index (χ1v) is 31.5. The number of nitrogen functional groups attached to an aromatic ring is 3. The van der Waals surface area contributed by atoms with E-state index < -0.39 is 163 Å². The average molecular weight is 1260 g/mol. The number of aliphatic hydroxyl groups excluding tert-OH is 3. The number of anilines is 3. The molecule has 0 spiro atoms. The monoisotopic (exact) mass is 1260 g/mol. The second kappa shape index (κ2) is 21.7. The first-order chi connectivity index (χ1) is 38.3. The third kappa shape index (κ3) is 11.6. The maximum absolute atomic E-state index is 13.7. The Bertz CT molecular complexity index is 3900. The summed E-state index contributed by atoms with van der Waals surface area (Å²) in [5.74, 6) is -1.35. The van der Waals surface area contributed by atoms with Gasteiger partial charge in [0.05, 0.1) is 51.4 Å². The van der Waals surface area contributed by atoms with Gasteiger partial charge in [0.1, 0.15) is 70.5 Å². The number of imidazole rings is 3. The van der Waals surface area contributed by atoms with Gasteiger partial charge in [0.15, 0.2) is 47.0 Å². The highest BCUT2D eigenvalue weighted by molar-refractivity contribution is 7.90. The van der Waals surface area contributed by atoms with Crippen molar-refractivity contribution < 1.29 is 117 Å². The Hall–Kier alpha value is -5.20. The van der Waals surface area contributed by atoms with E-state index in [0.29, 0.717) is 0 Å². The van der Waals surface area contributed by atoms with Crippen molar-refractivity contribution >= 4 is 92.3 Å². The predicted octanol–water partition coefficient (Wildman–Crippen LogP) is -5.13. The van der Waals surface area contributed by atoms with Gasteiger partial charge in [0.2, 0.25) is 17.7 Å². The number of aromatic amines is 2. The number of sulfone groups is 1. The third-order valence-corrected chi connectivity index (χ3v) is 19.5. The Kier molecular flexibility index (Phi) is 15.9. The van der Waals surface area contributed by atoms with Gasteiger partial charge >= 0.3 is 29.1 Å². The fraction of sp³-hybridized carbons (Fsp3) is 0.583. The number of hydrogen-bond acceptors (Lipinski definition) is 32. The van der Waals surface area contributed by atoms with Crippen molar-refractivity contribution in [1.29, 1.82) is 0 Å². The molecule has 17 atom stereocenters. The topological polar surface area (TPSA) is 588 Å². The largest absolute Gasteiger partial charge is 0.756 e. The number of phosphoric ester groups is 3. The van der Waals surface area contributed by atoms with Crippen molar-refractivity contribution in [1.82, 2.24) is 53.6 Å². The van der Waals surface area contributed by atoms with E-state index in [1.165, 1.54) is 22.5 Å². The lowest BCUT2D eigenvalue weighted by atomic mass is 9.92. The zero-order valence-electron chi connectivity index (χ0n) is 42.0. The molecule has 0 saturated carbocycles. The van der Waals surface area contributed by atoms with E-state index in [1.54, 1.807) is 0 Å². The number of rotatable bonds is 22. The SMILES string of the molecule is CO[C@H]1C(OP(=O)([O-])OC[C@H]2O[C@@H](n3cnc4c(=O)[nH]c(N)nc43)[C@@H](O)C2O)[C@@H](COP(=O)(O)OP(=O)(O)OP(=O)(O)OC[C@]23O[C@@H]([n+]4cn(C)c5c(=O)[nH]c(N)nc54)C(O[C@H]2CCS(C)(=O)=O)[C@H]3O)O[C@H]1n1cnc2c(N)ncnc21. The summed E-state index contributed by atoms with van der Waals surface area (Å²) in [5.41, 5.74) is 13.1. The summed E-state index contributed by atoms with van der Waals surface area (Å²) in [6.45, 7) is -3.67. The number of H-pyrrole nitrogens is 2. The highest BCUT2D eigenvalue weighted by Crippen LogP contribution is 2.68. The molecular weight excluding hydrogens is 1210 g/mol. The van der Waals surface area contributed by atoms with Crippen LogP contribution in [0.15, 0.2) is 34.9 Å². The summed E-state index contributed by atoms with van der Waals surface area (Å²) < 4.78 is 141. The molecule has 82 heavy (non-hydrogen) atoms. The lowest BCUT2D eigenvalue weighted by molar-refractivity contribution is -0.753. The summed E-state index contributed by atoms with van der Waals surface area (Å²) in [6, 6.07) is 0. The highest BCUT2D eigenvalue weighted by Gasteiger charge is 2.69. The van der Waals surface area contributed by atoms with Gasteiger partial charge in [0, 0.05) is 13.4 Å². The van der Waals surface area contributed by atoms with Gasteiger partial charge in [-0.25, -0.2) is 46.6 Å². The lowest BCUT2D eigenvalue weighted by Gasteiger charge is -2.36. The molecule has 10 heterocycles. The lowest BCUT2D eigenvalue weighted by Crippen LogP contribution is -2.54. The highest BCUT2D eigenvalue weighted by atomic mass is 32.2. The van der Waals surface area contributed by atoms with Crippen molar-refractivity contribution in [3.05, 3.63) is 46.0 Å². The van der Waals surface area contributed by atoms with Crippen LogP contribution < -0.4 is 37.8 Å². The van der Waals surface area contributed by atoms with Crippen LogP contribution in [0, 0.1) is 0 Å². The van der Waals surface area contributed by atoms with Gasteiger partial charge in [-0.2, -0.15) is 13.6 Å². The number of nitrogens with two attached hydrogens (primary N) is 3. The van der Waals surface area contributed by atoms with Gasteiger partial charge in [-0.05, 0) is 6.42 Å². The summed E-state index contributed by atoms with van der Waals surface area (Å²) in [4.78, 5) is 99.5. The van der Waals surface area contributed by atoms with Crippen LogP contribution in [0.2, 0.25) is 0 Å². The maximum atomic E-state index is 13.7. The van der Waals surface area contributed by atoms with E-state index in [1.807, 2.05) is 0 Å². The second-order valence-electron chi connectivity index (χ2n) is 18.8. The molecule has 0 aliphatic carbocycles. The van der Waals surface area contributed by atoms with Crippen molar-refractivity contribution in [3.63, 3.8) is 0 Å². The quantitative estimate of drug-likeness (QED) is 0.0224. The van der Waals surface area contributed by atoms with E-state index in [9.17, 15) is 71.2 Å². The van der Waals surface area contributed by atoms with Crippen LogP contribution in [-0.4, -0.2) is 191 Å². The van der Waals surface area contributed by atoms with Crippen LogP contribution >= 0.6 is 31.3 Å². The molecule has 2 bridgehead atoms. The predicted molar refractivity (Wildman–Crippen MR) is 263 cm³/mol. The van der Waals surface area contributed by atoms with Crippen LogP contribution in [0.5, 0.6) is 0 Å². The molecular formula is C36H49N15O26P4S. The summed E-state index contributed by atoms with van der Waals surface area (Å²) >= 11 is 0. The molecule has 10 rings (SSSR count). The Morgan fingerprint density at radius 1 is 0.805 bits per heavy atom. The molecule has 450 valence electrons. The zero-order chi connectivity index (χ0) is 59.4. The van der Waals surface area contributed by atoms with Gasteiger partial charge in [-0.3, -0.25) is 46.9 Å². The first kappa shape index (κ1) is 59.9. The van der Waals surface area contributed by atoms with Crippen molar-refractivity contribution in [3.8, 4) is 0 Å². The number of nitrogens with one attached hydrogen (secondary N) is 2. The second-order valence-corrected chi connectivity index (χ2v) is 27.1. The Morgan fingerprint density at radius 2 is 1.44 bits per heavy atom. The molecule has 14 N–H and O–H groups in total. The smallest absolute Gasteiger partial charge is 0.490 e. The number of hydrogen-bond donors (Lipinski definition) is 11. The molecule has 4 aliphatic rings. The van der Waals surface area contributed by atoms with Crippen LogP contribution in [0.1, 0.15) is 25.1 Å². The van der Waals surface area contributed by atoms with Gasteiger partial charge in [0.25, 0.3) is 24.9 Å². The third-order valence-electron chi connectivity index (χ3n) is 13.3. The van der Waals surface area contributed by atoms with Crippen molar-refractivity contribution in [2.45, 2.75) is 85.6 Å². The molecule has 6 aromatic heterocycles. The molecule has 6 aromatic rings. The van der Waals surface area contributed by atoms with Gasteiger partial charge < -0.3 is 84.8 Å². The minimum Gasteiger partial charge on any atom is -0.756 e. The molecule has 0 aromatic carbocycles. The Morgan fingerprint density at radius 3 is 2.13 bits per heavy atom. The number of aryl methyl sites for hydroxylation is 1. The molecule has 4 aliphatic heterocycles. The maximum Gasteiger partial charge on any atom is 0.490 e. The van der Waals surface area contributed by atoms with Gasteiger partial charge in [-0.1, -0.05) is 4.98 Å². The van der Waals surface area contributed by atoms with E-state index in [2.05, 4.69) is 48.5 Å². The number of aliphatic hydroxyl groups is 3. The van der Waals surface area contributed by atoms with E-state index in [-0.39, 0.29) is 51.2 Å². The molecule has 46 heteroatoms. The van der Waals surface area contributed by atoms with Crippen molar-refractivity contribution in [2.24, 2.45) is 7.05 Å². The van der Waals surface area contributed by atoms with Crippen LogP contribution in [0.25, 0.3) is 33.5 Å². The van der Waals surface area contributed by atoms with E-state index in [0.717, 1.165) is 41.5 Å².